The molecule has 0 aliphatic carbocycles. The van der Waals surface area contributed by atoms with Gasteiger partial charge in [0.05, 0.1) is 24.8 Å². The van der Waals surface area contributed by atoms with Crippen LogP contribution in [0.2, 0.25) is 0 Å². The summed E-state index contributed by atoms with van der Waals surface area (Å²) in [7, 11) is 1.60. The van der Waals surface area contributed by atoms with Crippen LogP contribution in [0.1, 0.15) is 16.9 Å². The van der Waals surface area contributed by atoms with Gasteiger partial charge in [0.1, 0.15) is 40.5 Å². The SMILES string of the molecule is COc1ccc(OCCOc2ccc(C)cc2)c(C=C2SC(=S)N(Cc3ccco3)C2=O)c1. The summed E-state index contributed by atoms with van der Waals surface area (Å²) >= 11 is 6.67. The molecule has 1 aromatic heterocycles. The van der Waals surface area contributed by atoms with E-state index in [0.29, 0.717) is 46.2 Å². The summed E-state index contributed by atoms with van der Waals surface area (Å²) < 4.78 is 22.9. The van der Waals surface area contributed by atoms with Crippen LogP contribution in [0.25, 0.3) is 6.08 Å². The summed E-state index contributed by atoms with van der Waals surface area (Å²) in [6.45, 7) is 3.07. The first-order valence-electron chi connectivity index (χ1n) is 10.3. The van der Waals surface area contributed by atoms with Gasteiger partial charge in [-0.2, -0.15) is 0 Å². The Hall–Kier alpha value is -3.23. The van der Waals surface area contributed by atoms with Crippen molar-refractivity contribution >= 4 is 40.3 Å². The molecule has 0 unspecified atom stereocenters. The van der Waals surface area contributed by atoms with Gasteiger partial charge < -0.3 is 18.6 Å². The van der Waals surface area contributed by atoms with Crippen molar-refractivity contribution in [3.05, 3.63) is 82.7 Å². The van der Waals surface area contributed by atoms with E-state index >= 15 is 0 Å². The summed E-state index contributed by atoms with van der Waals surface area (Å²) in [5.41, 5.74) is 1.90. The van der Waals surface area contributed by atoms with Crippen molar-refractivity contribution in [3.63, 3.8) is 0 Å². The number of amides is 1. The highest BCUT2D eigenvalue weighted by atomic mass is 32.2. The fraction of sp³-hybridized carbons (Fsp3) is 0.200. The van der Waals surface area contributed by atoms with Crippen LogP contribution in [-0.4, -0.2) is 35.5 Å². The van der Waals surface area contributed by atoms with Crippen molar-refractivity contribution in [2.24, 2.45) is 0 Å². The van der Waals surface area contributed by atoms with Crippen molar-refractivity contribution in [2.45, 2.75) is 13.5 Å². The molecule has 1 fully saturated rings. The Morgan fingerprint density at radius 3 is 2.55 bits per heavy atom. The molecule has 33 heavy (non-hydrogen) atoms. The van der Waals surface area contributed by atoms with E-state index in [1.54, 1.807) is 25.5 Å². The maximum atomic E-state index is 13.0. The predicted octanol–water partition coefficient (Wildman–Crippen LogP) is 5.46. The molecule has 0 spiro atoms. The first-order valence-corrected chi connectivity index (χ1v) is 11.5. The maximum Gasteiger partial charge on any atom is 0.266 e. The lowest BCUT2D eigenvalue weighted by molar-refractivity contribution is -0.122. The van der Waals surface area contributed by atoms with Crippen LogP contribution in [0.3, 0.4) is 0 Å². The van der Waals surface area contributed by atoms with Crippen LogP contribution in [-0.2, 0) is 11.3 Å². The quantitative estimate of drug-likeness (QED) is 0.229. The molecule has 4 rings (SSSR count). The summed E-state index contributed by atoms with van der Waals surface area (Å²) in [5, 5.41) is 0. The van der Waals surface area contributed by atoms with Crippen LogP contribution in [0, 0.1) is 6.92 Å². The molecule has 1 aliphatic rings. The third-order valence-corrected chi connectivity index (χ3v) is 6.28. The zero-order valence-corrected chi connectivity index (χ0v) is 19.9. The number of carbonyl (C=O) groups excluding carboxylic acids is 1. The summed E-state index contributed by atoms with van der Waals surface area (Å²) in [4.78, 5) is 15.0. The number of ether oxygens (including phenoxy) is 3. The molecular formula is C25H23NO5S2. The number of nitrogens with zero attached hydrogens (tertiary/aromatic N) is 1. The Morgan fingerprint density at radius 1 is 1.06 bits per heavy atom. The molecule has 170 valence electrons. The molecule has 2 heterocycles. The van der Waals surface area contributed by atoms with E-state index in [2.05, 4.69) is 0 Å². The van der Waals surface area contributed by atoms with E-state index in [1.165, 1.54) is 22.2 Å². The van der Waals surface area contributed by atoms with E-state index in [9.17, 15) is 4.79 Å². The minimum absolute atomic E-state index is 0.169. The topological polar surface area (TPSA) is 61.1 Å². The van der Waals surface area contributed by atoms with Crippen LogP contribution >= 0.6 is 24.0 Å². The van der Waals surface area contributed by atoms with Crippen molar-refractivity contribution in [1.29, 1.82) is 0 Å². The monoisotopic (exact) mass is 481 g/mol. The van der Waals surface area contributed by atoms with Gasteiger partial charge in [-0.3, -0.25) is 9.69 Å². The number of rotatable bonds is 9. The molecule has 1 saturated heterocycles. The lowest BCUT2D eigenvalue weighted by Crippen LogP contribution is -2.27. The number of aryl methyl sites for hydroxylation is 1. The molecule has 1 aliphatic heterocycles. The van der Waals surface area contributed by atoms with Crippen LogP contribution in [0.15, 0.2) is 70.2 Å². The van der Waals surface area contributed by atoms with Gasteiger partial charge in [0.15, 0.2) is 0 Å². The smallest absolute Gasteiger partial charge is 0.266 e. The number of benzene rings is 2. The number of methoxy groups -OCH3 is 1. The number of hydrogen-bond acceptors (Lipinski definition) is 7. The second-order valence-electron chi connectivity index (χ2n) is 7.26. The van der Waals surface area contributed by atoms with E-state index < -0.39 is 0 Å². The van der Waals surface area contributed by atoms with Gasteiger partial charge in [-0.05, 0) is 55.5 Å². The number of thioether (sulfide) groups is 1. The summed E-state index contributed by atoms with van der Waals surface area (Å²) in [6, 6.07) is 16.9. The molecular weight excluding hydrogens is 458 g/mol. The molecule has 1 amide bonds. The minimum Gasteiger partial charge on any atom is -0.497 e. The van der Waals surface area contributed by atoms with E-state index in [1.807, 2.05) is 55.5 Å². The Balaban J connectivity index is 1.46. The highest BCUT2D eigenvalue weighted by molar-refractivity contribution is 8.26. The molecule has 0 radical (unpaired) electrons. The minimum atomic E-state index is -0.169. The van der Waals surface area contributed by atoms with Gasteiger partial charge in [-0.25, -0.2) is 0 Å². The maximum absolute atomic E-state index is 13.0. The van der Waals surface area contributed by atoms with E-state index in [0.717, 1.165) is 11.3 Å². The lowest BCUT2D eigenvalue weighted by atomic mass is 10.1. The van der Waals surface area contributed by atoms with Gasteiger partial charge in [0.25, 0.3) is 5.91 Å². The second-order valence-corrected chi connectivity index (χ2v) is 8.94. The number of hydrogen-bond donors (Lipinski definition) is 0. The van der Waals surface area contributed by atoms with E-state index in [4.69, 9.17) is 30.8 Å². The van der Waals surface area contributed by atoms with Crippen molar-refractivity contribution in [1.82, 2.24) is 4.90 Å². The molecule has 0 saturated carbocycles. The molecule has 0 N–H and O–H groups in total. The summed E-state index contributed by atoms with van der Waals surface area (Å²) in [6.07, 6.45) is 3.35. The average molecular weight is 482 g/mol. The van der Waals surface area contributed by atoms with Gasteiger partial charge >= 0.3 is 0 Å². The second kappa shape index (κ2) is 10.6. The fourth-order valence-electron chi connectivity index (χ4n) is 3.18. The number of carbonyl (C=O) groups is 1. The third kappa shape index (κ3) is 5.77. The Labute approximate surface area is 202 Å². The molecule has 0 bridgehead atoms. The zero-order chi connectivity index (χ0) is 23.2. The first kappa shape index (κ1) is 22.9. The summed E-state index contributed by atoms with van der Waals surface area (Å²) in [5.74, 6) is 2.58. The standard InChI is InChI=1S/C25H23NO5S2/c1-17-5-7-19(8-6-17)30-12-13-31-22-10-9-20(28-2)14-18(22)15-23-24(27)26(25(32)33-23)16-21-4-3-11-29-21/h3-11,14-15H,12-13,16H2,1-2H3. The fourth-order valence-corrected chi connectivity index (χ4v) is 4.43. The molecule has 0 atom stereocenters. The van der Waals surface area contributed by atoms with Crippen molar-refractivity contribution < 1.29 is 23.4 Å². The molecule has 6 nitrogen and oxygen atoms in total. The predicted molar refractivity (Wildman–Crippen MR) is 133 cm³/mol. The largest absolute Gasteiger partial charge is 0.497 e. The zero-order valence-electron chi connectivity index (χ0n) is 18.3. The Morgan fingerprint density at radius 2 is 1.82 bits per heavy atom. The van der Waals surface area contributed by atoms with Crippen molar-refractivity contribution in [3.8, 4) is 17.2 Å². The van der Waals surface area contributed by atoms with Gasteiger partial charge in [0.2, 0.25) is 0 Å². The molecule has 3 aromatic rings. The van der Waals surface area contributed by atoms with Gasteiger partial charge in [0, 0.05) is 5.56 Å². The highest BCUT2D eigenvalue weighted by Gasteiger charge is 2.32. The third-order valence-electron chi connectivity index (χ3n) is 4.90. The average Bonchev–Trinajstić information content (AvgIpc) is 3.43. The van der Waals surface area contributed by atoms with Crippen LogP contribution in [0.4, 0.5) is 0 Å². The van der Waals surface area contributed by atoms with E-state index in [-0.39, 0.29) is 5.91 Å². The Bertz CT molecular complexity index is 1160. The number of furan rings is 1. The van der Waals surface area contributed by atoms with Crippen LogP contribution < -0.4 is 14.2 Å². The molecule has 2 aromatic carbocycles. The lowest BCUT2D eigenvalue weighted by Gasteiger charge is -2.13. The van der Waals surface area contributed by atoms with Crippen LogP contribution in [0.5, 0.6) is 17.2 Å². The van der Waals surface area contributed by atoms with Gasteiger partial charge in [-0.1, -0.05) is 41.7 Å². The van der Waals surface area contributed by atoms with Crippen molar-refractivity contribution in [2.75, 3.05) is 20.3 Å². The normalized spacial score (nSPS) is 14.7. The number of thiocarbonyl (C=S) groups is 1. The molecule has 8 heteroatoms. The highest BCUT2D eigenvalue weighted by Crippen LogP contribution is 2.36. The van der Waals surface area contributed by atoms with Gasteiger partial charge in [-0.15, -0.1) is 0 Å². The first-order chi connectivity index (χ1) is 16.0. The Kier molecular flexibility index (Phi) is 7.36.